The zero-order valence-corrected chi connectivity index (χ0v) is 20.6. The number of ether oxygens (including phenoxy) is 1. The molecular weight excluding hydrogens is 402 g/mol. The highest BCUT2D eigenvalue weighted by molar-refractivity contribution is 5.75. The summed E-state index contributed by atoms with van der Waals surface area (Å²) in [4.78, 5) is 26.3. The minimum absolute atomic E-state index is 0.00769. The maximum atomic E-state index is 12.6. The fraction of sp³-hybridized carbons (Fsp3) is 0.560. The van der Waals surface area contributed by atoms with Crippen molar-refractivity contribution in [1.82, 2.24) is 20.2 Å². The van der Waals surface area contributed by atoms with Crippen molar-refractivity contribution < 1.29 is 9.53 Å². The number of nitrogens with zero attached hydrogens (tertiary/aromatic N) is 4. The van der Waals surface area contributed by atoms with Crippen molar-refractivity contribution in [2.45, 2.75) is 60.1 Å². The third kappa shape index (κ3) is 5.97. The molecule has 2 heterocycles. The number of methoxy groups -OCH3 is 1. The number of anilines is 1. The van der Waals surface area contributed by atoms with E-state index in [0.29, 0.717) is 19.7 Å². The van der Waals surface area contributed by atoms with E-state index >= 15 is 0 Å². The van der Waals surface area contributed by atoms with E-state index in [2.05, 4.69) is 42.3 Å². The summed E-state index contributed by atoms with van der Waals surface area (Å²) in [5.41, 5.74) is 5.58. The summed E-state index contributed by atoms with van der Waals surface area (Å²) in [7, 11) is 1.70. The Kier molecular flexibility index (Phi) is 7.39. The van der Waals surface area contributed by atoms with Crippen molar-refractivity contribution in [3.05, 3.63) is 52.0 Å². The van der Waals surface area contributed by atoms with Gasteiger partial charge in [-0.3, -0.25) is 0 Å². The van der Waals surface area contributed by atoms with Gasteiger partial charge in [-0.1, -0.05) is 23.8 Å². The van der Waals surface area contributed by atoms with Gasteiger partial charge < -0.3 is 19.9 Å². The Hall–Kier alpha value is -2.67. The molecule has 1 N–H and O–H groups in total. The Morgan fingerprint density at radius 2 is 1.78 bits per heavy atom. The molecule has 7 nitrogen and oxygen atoms in total. The van der Waals surface area contributed by atoms with Crippen LogP contribution in [0.25, 0.3) is 0 Å². The predicted molar refractivity (Wildman–Crippen MR) is 128 cm³/mol. The maximum Gasteiger partial charge on any atom is 0.317 e. The van der Waals surface area contributed by atoms with E-state index in [1.165, 1.54) is 16.7 Å². The predicted octanol–water partition coefficient (Wildman–Crippen LogP) is 3.77. The van der Waals surface area contributed by atoms with Gasteiger partial charge in [0.05, 0.1) is 12.3 Å². The van der Waals surface area contributed by atoms with Crippen molar-refractivity contribution in [2.75, 3.05) is 38.2 Å². The minimum Gasteiger partial charge on any atom is -0.378 e. The number of urea groups is 1. The van der Waals surface area contributed by atoms with Gasteiger partial charge in [-0.2, -0.15) is 0 Å². The molecule has 1 aromatic heterocycles. The van der Waals surface area contributed by atoms with Crippen molar-refractivity contribution in [1.29, 1.82) is 0 Å². The number of aryl methyl sites for hydroxylation is 3. The van der Waals surface area contributed by atoms with Gasteiger partial charge >= 0.3 is 6.03 Å². The molecule has 0 spiro atoms. The summed E-state index contributed by atoms with van der Waals surface area (Å²) < 4.78 is 5.48. The van der Waals surface area contributed by atoms with Crippen molar-refractivity contribution >= 4 is 11.8 Å². The number of carbonyl (C=O) groups is 1. The number of hydrogen-bond donors (Lipinski definition) is 1. The van der Waals surface area contributed by atoms with Crippen LogP contribution in [0.15, 0.2) is 18.2 Å². The van der Waals surface area contributed by atoms with E-state index in [1.54, 1.807) is 7.11 Å². The molecule has 3 rings (SSSR count). The van der Waals surface area contributed by atoms with Crippen LogP contribution in [0.5, 0.6) is 0 Å². The second kappa shape index (κ2) is 9.86. The molecule has 0 bridgehead atoms. The lowest BCUT2D eigenvalue weighted by Crippen LogP contribution is -2.55. The third-order valence-corrected chi connectivity index (χ3v) is 5.68. The van der Waals surface area contributed by atoms with Crippen LogP contribution in [-0.2, 0) is 17.8 Å². The highest BCUT2D eigenvalue weighted by Crippen LogP contribution is 2.27. The average molecular weight is 440 g/mol. The summed E-state index contributed by atoms with van der Waals surface area (Å²) in [6, 6.07) is 6.54. The highest BCUT2D eigenvalue weighted by Gasteiger charge is 2.27. The second-order valence-electron chi connectivity index (χ2n) is 9.71. The lowest BCUT2D eigenvalue weighted by atomic mass is 9.97. The van der Waals surface area contributed by atoms with E-state index in [-0.39, 0.29) is 11.6 Å². The van der Waals surface area contributed by atoms with Crippen molar-refractivity contribution in [3.63, 3.8) is 0 Å². The SMILES string of the molecule is COCc1nc(C)nc(N2CCN(C(=O)NC(C)(C)C)CC2)c1Cc1cc(C)ccc1C. The van der Waals surface area contributed by atoms with Gasteiger partial charge in [-0.05, 0) is 52.7 Å². The number of amides is 2. The molecule has 1 aliphatic rings. The number of benzene rings is 1. The fourth-order valence-corrected chi connectivity index (χ4v) is 4.04. The summed E-state index contributed by atoms with van der Waals surface area (Å²) >= 11 is 0. The molecule has 0 radical (unpaired) electrons. The smallest absolute Gasteiger partial charge is 0.317 e. The first kappa shape index (κ1) is 24.0. The molecule has 0 unspecified atom stereocenters. The molecule has 1 saturated heterocycles. The van der Waals surface area contributed by atoms with Gasteiger partial charge in [0.2, 0.25) is 0 Å². The number of piperazine rings is 1. The van der Waals surface area contributed by atoms with Crippen LogP contribution < -0.4 is 10.2 Å². The monoisotopic (exact) mass is 439 g/mol. The normalized spacial score (nSPS) is 14.6. The Morgan fingerprint density at radius 1 is 1.09 bits per heavy atom. The molecule has 1 aliphatic heterocycles. The minimum atomic E-state index is -0.244. The zero-order chi connectivity index (χ0) is 23.5. The van der Waals surface area contributed by atoms with Crippen molar-refractivity contribution in [3.8, 4) is 0 Å². The molecule has 7 heteroatoms. The molecule has 174 valence electrons. The van der Waals surface area contributed by atoms with Crippen LogP contribution in [0, 0.1) is 20.8 Å². The van der Waals surface area contributed by atoms with E-state index in [9.17, 15) is 4.79 Å². The zero-order valence-electron chi connectivity index (χ0n) is 20.6. The van der Waals surface area contributed by atoms with Crippen LogP contribution in [0.2, 0.25) is 0 Å². The van der Waals surface area contributed by atoms with E-state index in [1.807, 2.05) is 32.6 Å². The lowest BCUT2D eigenvalue weighted by Gasteiger charge is -2.37. The first-order valence-electron chi connectivity index (χ1n) is 11.3. The first-order chi connectivity index (χ1) is 15.1. The quantitative estimate of drug-likeness (QED) is 0.768. The Labute approximate surface area is 192 Å². The molecule has 2 aromatic rings. The number of nitrogens with one attached hydrogen (secondary N) is 1. The number of carbonyl (C=O) groups excluding carboxylic acids is 1. The highest BCUT2D eigenvalue weighted by atomic mass is 16.5. The Balaban J connectivity index is 1.88. The molecule has 1 aromatic carbocycles. The maximum absolute atomic E-state index is 12.6. The van der Waals surface area contributed by atoms with Gasteiger partial charge in [0, 0.05) is 50.8 Å². The third-order valence-electron chi connectivity index (χ3n) is 5.68. The van der Waals surface area contributed by atoms with E-state index < -0.39 is 0 Å². The topological polar surface area (TPSA) is 70.6 Å². The second-order valence-corrected chi connectivity index (χ2v) is 9.71. The molecule has 0 aliphatic carbocycles. The molecule has 32 heavy (non-hydrogen) atoms. The molecule has 0 saturated carbocycles. The number of aromatic nitrogens is 2. The van der Waals surface area contributed by atoms with E-state index in [4.69, 9.17) is 14.7 Å². The summed E-state index contributed by atoms with van der Waals surface area (Å²) in [5, 5.41) is 3.06. The van der Waals surface area contributed by atoms with Gasteiger partial charge in [-0.15, -0.1) is 0 Å². The summed E-state index contributed by atoms with van der Waals surface area (Å²) in [6.07, 6.45) is 0.756. The van der Waals surface area contributed by atoms with E-state index in [0.717, 1.165) is 42.4 Å². The molecule has 1 fully saturated rings. The van der Waals surface area contributed by atoms with Gasteiger partial charge in [0.15, 0.2) is 0 Å². The average Bonchev–Trinajstić information content (AvgIpc) is 2.71. The largest absolute Gasteiger partial charge is 0.378 e. The van der Waals surface area contributed by atoms with Gasteiger partial charge in [-0.25, -0.2) is 14.8 Å². The number of hydrogen-bond acceptors (Lipinski definition) is 5. The fourth-order valence-electron chi connectivity index (χ4n) is 4.04. The summed E-state index contributed by atoms with van der Waals surface area (Å²) in [6.45, 7) is 15.4. The van der Waals surface area contributed by atoms with Crippen molar-refractivity contribution in [2.24, 2.45) is 0 Å². The van der Waals surface area contributed by atoms with Crippen LogP contribution >= 0.6 is 0 Å². The van der Waals surface area contributed by atoms with Gasteiger partial charge in [0.1, 0.15) is 11.6 Å². The lowest BCUT2D eigenvalue weighted by molar-refractivity contribution is 0.180. The van der Waals surface area contributed by atoms with Crippen LogP contribution in [-0.4, -0.2) is 59.7 Å². The van der Waals surface area contributed by atoms with Gasteiger partial charge in [0.25, 0.3) is 0 Å². The molecular formula is C25H37N5O2. The first-order valence-corrected chi connectivity index (χ1v) is 11.3. The number of rotatable bonds is 5. The van der Waals surface area contributed by atoms with Crippen LogP contribution in [0.1, 0.15) is 54.5 Å². The van der Waals surface area contributed by atoms with Crippen LogP contribution in [0.4, 0.5) is 10.6 Å². The summed E-state index contributed by atoms with van der Waals surface area (Å²) in [5.74, 6) is 1.70. The van der Waals surface area contributed by atoms with Crippen LogP contribution in [0.3, 0.4) is 0 Å². The Morgan fingerprint density at radius 3 is 2.41 bits per heavy atom. The molecule has 2 amide bonds. The molecule has 0 atom stereocenters. The Bertz CT molecular complexity index is 960. The standard InChI is InChI=1S/C25H37N5O2/c1-17-8-9-18(2)20(14-17)15-21-22(16-32-7)26-19(3)27-23(21)29-10-12-30(13-11-29)24(31)28-25(4,5)6/h8-9,14H,10-13,15-16H2,1-7H3,(H,28,31).